The van der Waals surface area contributed by atoms with Crippen molar-refractivity contribution in [3.05, 3.63) is 129 Å². The number of aryl methyl sites for hydroxylation is 2. The molecule has 0 fully saturated rings. The van der Waals surface area contributed by atoms with Gasteiger partial charge in [0.15, 0.2) is 0 Å². The van der Waals surface area contributed by atoms with Gasteiger partial charge in [0.1, 0.15) is 11.5 Å². The molecular formula is C33H29BrFN3O3S. The van der Waals surface area contributed by atoms with Gasteiger partial charge >= 0.3 is 0 Å². The summed E-state index contributed by atoms with van der Waals surface area (Å²) in [5.41, 5.74) is 3.90. The van der Waals surface area contributed by atoms with E-state index < -0.39 is 17.6 Å². The third-order valence-corrected chi connectivity index (χ3v) is 7.82. The van der Waals surface area contributed by atoms with E-state index in [0.717, 1.165) is 32.6 Å². The highest BCUT2D eigenvalue weighted by Crippen LogP contribution is 2.24. The highest BCUT2D eigenvalue weighted by atomic mass is 79.9. The SMILES string of the molecule is CCc1cccc(C)c1NC(=O)CSc1ccc(NC(=O)C(=Cc2ccc(Br)cc2)NC(=O)c2ccccc2F)cc1. The van der Waals surface area contributed by atoms with E-state index in [0.29, 0.717) is 11.3 Å². The van der Waals surface area contributed by atoms with Crippen LogP contribution in [0.5, 0.6) is 0 Å². The fraction of sp³-hybridized carbons (Fsp3) is 0.121. The number of hydrogen-bond donors (Lipinski definition) is 3. The van der Waals surface area contributed by atoms with Crippen LogP contribution in [-0.2, 0) is 16.0 Å². The fourth-order valence-electron chi connectivity index (χ4n) is 4.08. The van der Waals surface area contributed by atoms with E-state index in [9.17, 15) is 18.8 Å². The minimum Gasteiger partial charge on any atom is -0.325 e. The van der Waals surface area contributed by atoms with Gasteiger partial charge in [-0.25, -0.2) is 4.39 Å². The third kappa shape index (κ3) is 8.41. The Balaban J connectivity index is 1.42. The zero-order valence-electron chi connectivity index (χ0n) is 23.0. The molecule has 6 nitrogen and oxygen atoms in total. The number of hydrogen-bond acceptors (Lipinski definition) is 4. The van der Waals surface area contributed by atoms with E-state index in [1.165, 1.54) is 36.0 Å². The number of rotatable bonds is 10. The van der Waals surface area contributed by atoms with Gasteiger partial charge in [-0.05, 0) is 84.6 Å². The zero-order chi connectivity index (χ0) is 30.1. The van der Waals surface area contributed by atoms with Crippen LogP contribution in [0.3, 0.4) is 0 Å². The zero-order valence-corrected chi connectivity index (χ0v) is 25.4. The summed E-state index contributed by atoms with van der Waals surface area (Å²) in [5, 5.41) is 8.34. The van der Waals surface area contributed by atoms with Gasteiger partial charge in [-0.2, -0.15) is 0 Å². The lowest BCUT2D eigenvalue weighted by atomic mass is 10.1. The summed E-state index contributed by atoms with van der Waals surface area (Å²) in [4.78, 5) is 39.5. The number of amides is 3. The average Bonchev–Trinajstić information content (AvgIpc) is 2.98. The van der Waals surface area contributed by atoms with Crippen molar-refractivity contribution < 1.29 is 18.8 Å². The maximum Gasteiger partial charge on any atom is 0.272 e. The van der Waals surface area contributed by atoms with Crippen molar-refractivity contribution in [1.82, 2.24) is 5.32 Å². The van der Waals surface area contributed by atoms with Crippen LogP contribution in [0.1, 0.15) is 34.0 Å². The Kier molecular flexibility index (Phi) is 10.7. The second kappa shape index (κ2) is 14.6. The molecule has 0 aliphatic heterocycles. The van der Waals surface area contributed by atoms with Crippen LogP contribution in [0.4, 0.5) is 15.8 Å². The topological polar surface area (TPSA) is 87.3 Å². The van der Waals surface area contributed by atoms with Crippen LogP contribution in [0, 0.1) is 12.7 Å². The molecule has 4 aromatic carbocycles. The fourth-order valence-corrected chi connectivity index (χ4v) is 5.04. The van der Waals surface area contributed by atoms with Gasteiger partial charge in [-0.15, -0.1) is 11.8 Å². The van der Waals surface area contributed by atoms with Crippen molar-refractivity contribution >= 4 is 62.9 Å². The summed E-state index contributed by atoms with van der Waals surface area (Å²) in [6.45, 7) is 4.02. The molecule has 214 valence electrons. The first-order chi connectivity index (χ1) is 20.2. The number of para-hydroxylation sites is 1. The minimum absolute atomic E-state index is 0.0525. The van der Waals surface area contributed by atoms with E-state index in [1.807, 2.05) is 25.1 Å². The molecule has 0 atom stereocenters. The van der Waals surface area contributed by atoms with Crippen LogP contribution in [0.15, 0.2) is 106 Å². The predicted molar refractivity (Wildman–Crippen MR) is 171 cm³/mol. The number of carbonyl (C=O) groups is 3. The first kappa shape index (κ1) is 30.7. The molecule has 0 aliphatic rings. The van der Waals surface area contributed by atoms with Gasteiger partial charge in [0.25, 0.3) is 11.8 Å². The Morgan fingerprint density at radius 1 is 0.881 bits per heavy atom. The number of thioether (sulfide) groups is 1. The summed E-state index contributed by atoms with van der Waals surface area (Å²) < 4.78 is 15.1. The smallest absolute Gasteiger partial charge is 0.272 e. The Morgan fingerprint density at radius 2 is 1.60 bits per heavy atom. The summed E-state index contributed by atoms with van der Waals surface area (Å²) in [5.74, 6) is -1.88. The molecule has 0 saturated heterocycles. The molecule has 42 heavy (non-hydrogen) atoms. The number of benzene rings is 4. The van der Waals surface area contributed by atoms with Gasteiger partial charge in [0, 0.05) is 20.7 Å². The van der Waals surface area contributed by atoms with Crippen molar-refractivity contribution in [2.24, 2.45) is 0 Å². The van der Waals surface area contributed by atoms with E-state index in [2.05, 4.69) is 38.8 Å². The molecule has 4 rings (SSSR count). The van der Waals surface area contributed by atoms with Gasteiger partial charge in [0.05, 0.1) is 11.3 Å². The third-order valence-electron chi connectivity index (χ3n) is 6.28. The molecule has 0 saturated carbocycles. The highest BCUT2D eigenvalue weighted by molar-refractivity contribution is 9.10. The molecule has 9 heteroatoms. The van der Waals surface area contributed by atoms with E-state index >= 15 is 0 Å². The van der Waals surface area contributed by atoms with Gasteiger partial charge in [-0.1, -0.05) is 65.3 Å². The molecule has 4 aromatic rings. The van der Waals surface area contributed by atoms with Crippen molar-refractivity contribution in [2.75, 3.05) is 16.4 Å². The molecule has 0 spiro atoms. The highest BCUT2D eigenvalue weighted by Gasteiger charge is 2.18. The lowest BCUT2D eigenvalue weighted by Gasteiger charge is -2.13. The second-order valence-corrected chi connectivity index (χ2v) is 11.3. The lowest BCUT2D eigenvalue weighted by molar-refractivity contribution is -0.114. The molecule has 3 N–H and O–H groups in total. The van der Waals surface area contributed by atoms with Crippen molar-refractivity contribution in [2.45, 2.75) is 25.2 Å². The first-order valence-corrected chi connectivity index (χ1v) is 15.0. The van der Waals surface area contributed by atoms with Crippen LogP contribution < -0.4 is 16.0 Å². The van der Waals surface area contributed by atoms with Crippen molar-refractivity contribution in [1.29, 1.82) is 0 Å². The molecule has 0 heterocycles. The monoisotopic (exact) mass is 645 g/mol. The number of nitrogens with one attached hydrogen (secondary N) is 3. The molecule has 0 unspecified atom stereocenters. The van der Waals surface area contributed by atoms with Gasteiger partial charge in [0.2, 0.25) is 5.91 Å². The summed E-state index contributed by atoms with van der Waals surface area (Å²) in [7, 11) is 0. The van der Waals surface area contributed by atoms with E-state index in [1.54, 1.807) is 54.6 Å². The summed E-state index contributed by atoms with van der Waals surface area (Å²) in [6.07, 6.45) is 2.34. The van der Waals surface area contributed by atoms with E-state index in [-0.39, 0.29) is 22.9 Å². The minimum atomic E-state index is -0.742. The normalized spacial score (nSPS) is 11.1. The first-order valence-electron chi connectivity index (χ1n) is 13.2. The number of anilines is 2. The van der Waals surface area contributed by atoms with Crippen LogP contribution in [-0.4, -0.2) is 23.5 Å². The number of halogens is 2. The molecule has 3 amide bonds. The average molecular weight is 647 g/mol. The van der Waals surface area contributed by atoms with Crippen LogP contribution in [0.2, 0.25) is 0 Å². The van der Waals surface area contributed by atoms with Crippen LogP contribution in [0.25, 0.3) is 6.08 Å². The molecule has 0 radical (unpaired) electrons. The Hall–Kier alpha value is -4.21. The molecular weight excluding hydrogens is 617 g/mol. The summed E-state index contributed by atoms with van der Waals surface area (Å²) in [6, 6.07) is 25.7. The Morgan fingerprint density at radius 3 is 2.29 bits per heavy atom. The molecule has 0 bridgehead atoms. The molecule has 0 aromatic heterocycles. The standard InChI is InChI=1S/C33H29BrFN3O3S/c1-3-23-8-6-7-21(2)31(23)38-30(39)20-42-26-17-15-25(16-18-26)36-33(41)29(19-22-11-13-24(34)14-12-22)37-32(40)27-9-4-5-10-28(27)35/h4-19H,3,20H2,1-2H3,(H,36,41)(H,37,40)(H,38,39). The Bertz CT molecular complexity index is 1620. The Labute approximate surface area is 256 Å². The van der Waals surface area contributed by atoms with Crippen molar-refractivity contribution in [3.8, 4) is 0 Å². The second-order valence-electron chi connectivity index (χ2n) is 9.32. The van der Waals surface area contributed by atoms with Crippen molar-refractivity contribution in [3.63, 3.8) is 0 Å². The maximum atomic E-state index is 14.2. The maximum absolute atomic E-state index is 14.2. The van der Waals surface area contributed by atoms with Gasteiger partial charge in [-0.3, -0.25) is 14.4 Å². The van der Waals surface area contributed by atoms with E-state index in [4.69, 9.17) is 0 Å². The number of carbonyl (C=O) groups excluding carboxylic acids is 3. The predicted octanol–water partition coefficient (Wildman–Crippen LogP) is 7.60. The summed E-state index contributed by atoms with van der Waals surface area (Å²) >= 11 is 4.76. The van der Waals surface area contributed by atoms with Gasteiger partial charge < -0.3 is 16.0 Å². The van der Waals surface area contributed by atoms with Crippen LogP contribution >= 0.6 is 27.7 Å². The quantitative estimate of drug-likeness (QED) is 0.122. The lowest BCUT2D eigenvalue weighted by Crippen LogP contribution is -2.31. The molecule has 0 aliphatic carbocycles. The largest absolute Gasteiger partial charge is 0.325 e.